The summed E-state index contributed by atoms with van der Waals surface area (Å²) in [7, 11) is 1.81. The summed E-state index contributed by atoms with van der Waals surface area (Å²) in [6.07, 6.45) is 6.85. The smallest absolute Gasteiger partial charge is 0.0468 e. The Bertz CT molecular complexity index is 188. The summed E-state index contributed by atoms with van der Waals surface area (Å²) in [4.78, 5) is 0. The second-order valence-electron chi connectivity index (χ2n) is 5.04. The zero-order valence-electron chi connectivity index (χ0n) is 9.76. The van der Waals surface area contributed by atoms with Gasteiger partial charge in [0.25, 0.3) is 0 Å². The Balaban J connectivity index is 1.69. The van der Waals surface area contributed by atoms with Crippen LogP contribution in [0.5, 0.6) is 0 Å². The highest BCUT2D eigenvalue weighted by molar-refractivity contribution is 7.99. The molecule has 1 atom stereocenters. The van der Waals surface area contributed by atoms with E-state index in [4.69, 9.17) is 4.74 Å². The second-order valence-corrected chi connectivity index (χ2v) is 6.19. The van der Waals surface area contributed by atoms with Crippen molar-refractivity contribution in [1.82, 2.24) is 5.32 Å². The average molecular weight is 229 g/mol. The highest BCUT2D eigenvalue weighted by Crippen LogP contribution is 2.43. The molecule has 0 aromatic carbocycles. The summed E-state index contributed by atoms with van der Waals surface area (Å²) in [6.45, 7) is 2.16. The molecule has 1 unspecified atom stereocenters. The van der Waals surface area contributed by atoms with E-state index in [2.05, 4.69) is 17.1 Å². The molecule has 15 heavy (non-hydrogen) atoms. The van der Waals surface area contributed by atoms with Crippen molar-refractivity contribution >= 4 is 11.8 Å². The van der Waals surface area contributed by atoms with Gasteiger partial charge in [0.2, 0.25) is 0 Å². The molecule has 1 aliphatic heterocycles. The van der Waals surface area contributed by atoms with Crippen LogP contribution in [-0.2, 0) is 4.74 Å². The van der Waals surface area contributed by atoms with Crippen LogP contribution in [0.25, 0.3) is 0 Å². The maximum Gasteiger partial charge on any atom is 0.0468 e. The van der Waals surface area contributed by atoms with E-state index < -0.39 is 0 Å². The van der Waals surface area contributed by atoms with E-state index in [1.165, 1.54) is 50.2 Å². The number of methoxy groups -OCH3 is 1. The molecule has 3 heteroatoms. The number of hydrogen-bond donors (Lipinski definition) is 1. The minimum absolute atomic E-state index is 0.587. The maximum atomic E-state index is 5.21. The van der Waals surface area contributed by atoms with Gasteiger partial charge in [0.15, 0.2) is 0 Å². The molecule has 0 aromatic heterocycles. The van der Waals surface area contributed by atoms with Gasteiger partial charge in [-0.1, -0.05) is 6.42 Å². The SMILES string of the molecule is COCCC1(CNC2CCSC2)CCC1. The number of hydrogen-bond acceptors (Lipinski definition) is 3. The van der Waals surface area contributed by atoms with Gasteiger partial charge in [0.1, 0.15) is 0 Å². The molecule has 0 bridgehead atoms. The van der Waals surface area contributed by atoms with E-state index in [1.54, 1.807) is 0 Å². The Kier molecular flexibility index (Phi) is 4.35. The normalized spacial score (nSPS) is 29.0. The largest absolute Gasteiger partial charge is 0.385 e. The molecule has 88 valence electrons. The van der Waals surface area contributed by atoms with Crippen molar-refractivity contribution in [2.45, 2.75) is 38.1 Å². The second kappa shape index (κ2) is 5.55. The van der Waals surface area contributed by atoms with Gasteiger partial charge in [-0.2, -0.15) is 11.8 Å². The van der Waals surface area contributed by atoms with E-state index in [0.29, 0.717) is 5.41 Å². The molecule has 2 aliphatic rings. The van der Waals surface area contributed by atoms with Gasteiger partial charge in [-0.3, -0.25) is 0 Å². The minimum Gasteiger partial charge on any atom is -0.385 e. The fourth-order valence-corrected chi connectivity index (χ4v) is 3.75. The molecule has 2 nitrogen and oxygen atoms in total. The monoisotopic (exact) mass is 229 g/mol. The minimum atomic E-state index is 0.587. The topological polar surface area (TPSA) is 21.3 Å². The van der Waals surface area contributed by atoms with Gasteiger partial charge in [-0.15, -0.1) is 0 Å². The van der Waals surface area contributed by atoms with E-state index >= 15 is 0 Å². The van der Waals surface area contributed by atoms with E-state index in [-0.39, 0.29) is 0 Å². The van der Waals surface area contributed by atoms with Crippen molar-refractivity contribution < 1.29 is 4.74 Å². The first-order chi connectivity index (χ1) is 7.35. The Morgan fingerprint density at radius 2 is 2.33 bits per heavy atom. The molecule has 1 aliphatic carbocycles. The molecule has 2 fully saturated rings. The lowest BCUT2D eigenvalue weighted by Gasteiger charge is -2.43. The van der Waals surface area contributed by atoms with Gasteiger partial charge in [0.05, 0.1) is 0 Å². The zero-order valence-corrected chi connectivity index (χ0v) is 10.6. The molecule has 2 rings (SSSR count). The standard InChI is InChI=1S/C12H23NOS/c1-14-7-6-12(4-2-5-12)10-13-11-3-8-15-9-11/h11,13H,2-10H2,1H3. The third-order valence-electron chi connectivity index (χ3n) is 3.95. The van der Waals surface area contributed by atoms with Gasteiger partial charge in [-0.05, 0) is 36.9 Å². The Morgan fingerprint density at radius 3 is 2.87 bits per heavy atom. The average Bonchev–Trinajstić information content (AvgIpc) is 2.68. The number of thioether (sulfide) groups is 1. The fourth-order valence-electron chi connectivity index (χ4n) is 2.57. The molecular formula is C12H23NOS. The zero-order chi connectivity index (χ0) is 10.6. The van der Waals surface area contributed by atoms with Crippen molar-refractivity contribution in [2.75, 3.05) is 31.8 Å². The fraction of sp³-hybridized carbons (Fsp3) is 1.00. The van der Waals surface area contributed by atoms with Crippen molar-refractivity contribution in [1.29, 1.82) is 0 Å². The summed E-state index contributed by atoms with van der Waals surface area (Å²) in [5.74, 6) is 2.67. The summed E-state index contributed by atoms with van der Waals surface area (Å²) >= 11 is 2.09. The molecule has 1 saturated carbocycles. The highest BCUT2D eigenvalue weighted by atomic mass is 32.2. The van der Waals surface area contributed by atoms with Crippen LogP contribution >= 0.6 is 11.8 Å². The molecule has 1 N–H and O–H groups in total. The molecule has 0 radical (unpaired) electrons. The molecule has 0 spiro atoms. The third kappa shape index (κ3) is 3.11. The number of ether oxygens (including phenoxy) is 1. The lowest BCUT2D eigenvalue weighted by Crippen LogP contribution is -2.44. The van der Waals surface area contributed by atoms with Gasteiger partial charge < -0.3 is 10.1 Å². The Morgan fingerprint density at radius 1 is 1.47 bits per heavy atom. The van der Waals surface area contributed by atoms with Gasteiger partial charge in [-0.25, -0.2) is 0 Å². The van der Waals surface area contributed by atoms with Crippen LogP contribution in [0, 0.1) is 5.41 Å². The molecule has 0 aromatic rings. The van der Waals surface area contributed by atoms with Crippen molar-refractivity contribution in [2.24, 2.45) is 5.41 Å². The van der Waals surface area contributed by atoms with Crippen LogP contribution in [0.1, 0.15) is 32.1 Å². The van der Waals surface area contributed by atoms with Gasteiger partial charge >= 0.3 is 0 Å². The molecule has 1 saturated heterocycles. The summed E-state index contributed by atoms with van der Waals surface area (Å²) in [5, 5.41) is 3.76. The molecule has 1 heterocycles. The van der Waals surface area contributed by atoms with Crippen LogP contribution in [0.2, 0.25) is 0 Å². The lowest BCUT2D eigenvalue weighted by molar-refractivity contribution is 0.0671. The predicted molar refractivity (Wildman–Crippen MR) is 66.5 cm³/mol. The predicted octanol–water partition coefficient (Wildman–Crippen LogP) is 2.29. The summed E-state index contributed by atoms with van der Waals surface area (Å²) in [5.41, 5.74) is 0.587. The number of rotatable bonds is 6. The summed E-state index contributed by atoms with van der Waals surface area (Å²) < 4.78 is 5.21. The first-order valence-electron chi connectivity index (χ1n) is 6.15. The Hall–Kier alpha value is 0.270. The van der Waals surface area contributed by atoms with Crippen LogP contribution in [0.4, 0.5) is 0 Å². The third-order valence-corrected chi connectivity index (χ3v) is 5.11. The summed E-state index contributed by atoms with van der Waals surface area (Å²) in [6, 6.07) is 0.787. The van der Waals surface area contributed by atoms with Crippen molar-refractivity contribution in [3.05, 3.63) is 0 Å². The van der Waals surface area contributed by atoms with Crippen molar-refractivity contribution in [3.63, 3.8) is 0 Å². The van der Waals surface area contributed by atoms with E-state index in [1.807, 2.05) is 7.11 Å². The van der Waals surface area contributed by atoms with Crippen LogP contribution < -0.4 is 5.32 Å². The lowest BCUT2D eigenvalue weighted by atomic mass is 9.66. The maximum absolute atomic E-state index is 5.21. The van der Waals surface area contributed by atoms with E-state index in [9.17, 15) is 0 Å². The van der Waals surface area contributed by atoms with Crippen molar-refractivity contribution in [3.8, 4) is 0 Å². The van der Waals surface area contributed by atoms with Crippen LogP contribution in [0.15, 0.2) is 0 Å². The van der Waals surface area contributed by atoms with Gasteiger partial charge in [0, 0.05) is 32.1 Å². The molecule has 0 amide bonds. The first kappa shape index (κ1) is 11.7. The molecular weight excluding hydrogens is 206 g/mol. The highest BCUT2D eigenvalue weighted by Gasteiger charge is 2.36. The number of nitrogens with one attached hydrogen (secondary N) is 1. The Labute approximate surface area is 97.5 Å². The van der Waals surface area contributed by atoms with E-state index in [0.717, 1.165) is 12.6 Å². The first-order valence-corrected chi connectivity index (χ1v) is 7.30. The van der Waals surface area contributed by atoms with Crippen LogP contribution in [0.3, 0.4) is 0 Å². The quantitative estimate of drug-likeness (QED) is 0.755. The van der Waals surface area contributed by atoms with Crippen LogP contribution in [-0.4, -0.2) is 37.8 Å².